The van der Waals surface area contributed by atoms with Crippen molar-refractivity contribution in [2.45, 2.75) is 26.8 Å². The van der Waals surface area contributed by atoms with E-state index in [0.29, 0.717) is 16.8 Å². The molecule has 0 heterocycles. The standard InChI is InChI=1S/C17H17FN2/c1-11-5-4-6-15(7-11)13(3)20-17-9-14(10-19)8-16(18)12(17)2/h4-9,13,20H,1-3H3. The fourth-order valence-corrected chi connectivity index (χ4v) is 2.15. The fraction of sp³-hybridized carbons (Fsp3) is 0.235. The number of hydrogen-bond donors (Lipinski definition) is 1. The highest BCUT2D eigenvalue weighted by Crippen LogP contribution is 2.25. The lowest BCUT2D eigenvalue weighted by atomic mass is 10.0. The normalized spacial score (nSPS) is 11.8. The number of rotatable bonds is 3. The van der Waals surface area contributed by atoms with Gasteiger partial charge in [0.25, 0.3) is 0 Å². The molecule has 0 spiro atoms. The smallest absolute Gasteiger partial charge is 0.129 e. The molecule has 0 aliphatic heterocycles. The molecule has 1 N–H and O–H groups in total. The maximum Gasteiger partial charge on any atom is 0.129 e. The lowest BCUT2D eigenvalue weighted by Gasteiger charge is -2.18. The number of benzene rings is 2. The van der Waals surface area contributed by atoms with Crippen molar-refractivity contribution in [3.05, 3.63) is 64.5 Å². The predicted molar refractivity (Wildman–Crippen MR) is 79.1 cm³/mol. The summed E-state index contributed by atoms with van der Waals surface area (Å²) in [6.45, 7) is 5.77. The monoisotopic (exact) mass is 268 g/mol. The summed E-state index contributed by atoms with van der Waals surface area (Å²) in [5.41, 5.74) is 3.84. The van der Waals surface area contributed by atoms with Crippen LogP contribution in [0.2, 0.25) is 0 Å². The molecule has 0 saturated carbocycles. The Kier molecular flexibility index (Phi) is 4.05. The van der Waals surface area contributed by atoms with E-state index in [-0.39, 0.29) is 11.9 Å². The van der Waals surface area contributed by atoms with Gasteiger partial charge in [0.05, 0.1) is 11.6 Å². The number of aryl methyl sites for hydroxylation is 1. The van der Waals surface area contributed by atoms with Gasteiger partial charge in [0.2, 0.25) is 0 Å². The Morgan fingerprint density at radius 3 is 2.60 bits per heavy atom. The number of nitrogens with zero attached hydrogens (tertiary/aromatic N) is 1. The maximum absolute atomic E-state index is 13.8. The first kappa shape index (κ1) is 14.1. The molecular formula is C17H17FN2. The van der Waals surface area contributed by atoms with E-state index in [4.69, 9.17) is 5.26 Å². The summed E-state index contributed by atoms with van der Waals surface area (Å²) in [4.78, 5) is 0. The predicted octanol–water partition coefficient (Wildman–Crippen LogP) is 4.49. The Morgan fingerprint density at radius 1 is 1.20 bits per heavy atom. The first-order chi connectivity index (χ1) is 9.51. The highest BCUT2D eigenvalue weighted by Gasteiger charge is 2.11. The average molecular weight is 268 g/mol. The molecule has 20 heavy (non-hydrogen) atoms. The highest BCUT2D eigenvalue weighted by atomic mass is 19.1. The first-order valence-electron chi connectivity index (χ1n) is 6.54. The van der Waals surface area contributed by atoms with Gasteiger partial charge in [-0.1, -0.05) is 29.8 Å². The third-order valence-corrected chi connectivity index (χ3v) is 3.39. The van der Waals surface area contributed by atoms with Crippen LogP contribution in [0.25, 0.3) is 0 Å². The summed E-state index contributed by atoms with van der Waals surface area (Å²) >= 11 is 0. The van der Waals surface area contributed by atoms with Crippen molar-refractivity contribution < 1.29 is 4.39 Å². The van der Waals surface area contributed by atoms with Gasteiger partial charge in [-0.2, -0.15) is 5.26 Å². The van der Waals surface area contributed by atoms with E-state index in [1.807, 2.05) is 38.1 Å². The van der Waals surface area contributed by atoms with Crippen LogP contribution < -0.4 is 5.32 Å². The van der Waals surface area contributed by atoms with Gasteiger partial charge in [-0.15, -0.1) is 0 Å². The Morgan fingerprint density at radius 2 is 1.95 bits per heavy atom. The topological polar surface area (TPSA) is 35.8 Å². The van der Waals surface area contributed by atoms with Gasteiger partial charge < -0.3 is 5.32 Å². The van der Waals surface area contributed by atoms with Crippen molar-refractivity contribution in [2.24, 2.45) is 0 Å². The van der Waals surface area contributed by atoms with Crippen molar-refractivity contribution >= 4 is 5.69 Å². The molecule has 2 rings (SSSR count). The molecule has 0 amide bonds. The van der Waals surface area contributed by atoms with E-state index in [1.54, 1.807) is 13.0 Å². The van der Waals surface area contributed by atoms with Crippen LogP contribution in [0, 0.1) is 31.0 Å². The molecule has 3 heteroatoms. The largest absolute Gasteiger partial charge is 0.378 e. The molecule has 0 aromatic heterocycles. The summed E-state index contributed by atoms with van der Waals surface area (Å²) in [5, 5.41) is 12.2. The Balaban J connectivity index is 2.30. The van der Waals surface area contributed by atoms with E-state index in [1.165, 1.54) is 11.6 Å². The van der Waals surface area contributed by atoms with Crippen LogP contribution in [-0.2, 0) is 0 Å². The molecular weight excluding hydrogens is 251 g/mol. The van der Waals surface area contributed by atoms with Crippen LogP contribution in [-0.4, -0.2) is 0 Å². The van der Waals surface area contributed by atoms with E-state index in [9.17, 15) is 4.39 Å². The lowest BCUT2D eigenvalue weighted by Crippen LogP contribution is -2.09. The molecule has 1 atom stereocenters. The van der Waals surface area contributed by atoms with Gasteiger partial charge in [0.1, 0.15) is 5.82 Å². The van der Waals surface area contributed by atoms with E-state index in [0.717, 1.165) is 5.56 Å². The van der Waals surface area contributed by atoms with E-state index >= 15 is 0 Å². The zero-order valence-corrected chi connectivity index (χ0v) is 11.9. The molecule has 0 aliphatic rings. The van der Waals surface area contributed by atoms with E-state index in [2.05, 4.69) is 11.4 Å². The Labute approximate surface area is 118 Å². The SMILES string of the molecule is Cc1cccc(C(C)Nc2cc(C#N)cc(F)c2C)c1. The van der Waals surface area contributed by atoms with Crippen LogP contribution in [0.4, 0.5) is 10.1 Å². The zero-order chi connectivity index (χ0) is 14.7. The third kappa shape index (κ3) is 2.97. The Hall–Kier alpha value is -2.34. The second kappa shape index (κ2) is 5.75. The minimum atomic E-state index is -0.358. The van der Waals surface area contributed by atoms with Crippen LogP contribution in [0.3, 0.4) is 0 Å². The second-order valence-electron chi connectivity index (χ2n) is 5.02. The van der Waals surface area contributed by atoms with Crippen molar-refractivity contribution in [1.29, 1.82) is 5.26 Å². The molecule has 2 nitrogen and oxygen atoms in total. The number of nitriles is 1. The summed E-state index contributed by atoms with van der Waals surface area (Å²) in [7, 11) is 0. The fourth-order valence-electron chi connectivity index (χ4n) is 2.15. The Bertz CT molecular complexity index is 671. The van der Waals surface area contributed by atoms with Gasteiger partial charge in [-0.3, -0.25) is 0 Å². The van der Waals surface area contributed by atoms with E-state index < -0.39 is 0 Å². The lowest BCUT2D eigenvalue weighted by molar-refractivity contribution is 0.618. The third-order valence-electron chi connectivity index (χ3n) is 3.39. The minimum absolute atomic E-state index is 0.0435. The number of nitrogens with one attached hydrogen (secondary N) is 1. The summed E-state index contributed by atoms with van der Waals surface area (Å²) in [6, 6.07) is 13.1. The average Bonchev–Trinajstić information content (AvgIpc) is 2.43. The molecule has 0 bridgehead atoms. The first-order valence-corrected chi connectivity index (χ1v) is 6.54. The summed E-state index contributed by atoms with van der Waals surface area (Å²) in [5.74, 6) is -0.358. The number of halogens is 1. The summed E-state index contributed by atoms with van der Waals surface area (Å²) < 4.78 is 13.8. The molecule has 2 aromatic rings. The molecule has 0 saturated heterocycles. The van der Waals surface area contributed by atoms with Crippen molar-refractivity contribution in [3.8, 4) is 6.07 Å². The number of hydrogen-bond acceptors (Lipinski definition) is 2. The minimum Gasteiger partial charge on any atom is -0.378 e. The molecule has 0 aliphatic carbocycles. The molecule has 2 aromatic carbocycles. The summed E-state index contributed by atoms with van der Waals surface area (Å²) in [6.07, 6.45) is 0. The van der Waals surface area contributed by atoms with Crippen LogP contribution >= 0.6 is 0 Å². The highest BCUT2D eigenvalue weighted by molar-refractivity contribution is 5.57. The molecule has 1 unspecified atom stereocenters. The maximum atomic E-state index is 13.8. The van der Waals surface area contributed by atoms with Crippen molar-refractivity contribution in [2.75, 3.05) is 5.32 Å². The molecule has 0 fully saturated rings. The van der Waals surface area contributed by atoms with Crippen LogP contribution in [0.5, 0.6) is 0 Å². The zero-order valence-electron chi connectivity index (χ0n) is 11.9. The van der Waals surface area contributed by atoms with Gasteiger partial charge in [-0.25, -0.2) is 4.39 Å². The van der Waals surface area contributed by atoms with Crippen LogP contribution in [0.1, 0.15) is 35.2 Å². The van der Waals surface area contributed by atoms with Gasteiger partial charge in [0.15, 0.2) is 0 Å². The molecule has 0 radical (unpaired) electrons. The van der Waals surface area contributed by atoms with Gasteiger partial charge in [-0.05, 0) is 38.5 Å². The van der Waals surface area contributed by atoms with Gasteiger partial charge >= 0.3 is 0 Å². The van der Waals surface area contributed by atoms with Crippen molar-refractivity contribution in [1.82, 2.24) is 0 Å². The second-order valence-corrected chi connectivity index (χ2v) is 5.02. The quantitative estimate of drug-likeness (QED) is 0.890. The number of anilines is 1. The van der Waals surface area contributed by atoms with Crippen LogP contribution in [0.15, 0.2) is 36.4 Å². The van der Waals surface area contributed by atoms with Gasteiger partial charge in [0, 0.05) is 17.3 Å². The molecule has 102 valence electrons. The van der Waals surface area contributed by atoms with Crippen molar-refractivity contribution in [3.63, 3.8) is 0 Å².